The molecule has 0 aliphatic rings. The molecule has 1 aromatic heterocycles. The third kappa shape index (κ3) is 4.63. The van der Waals surface area contributed by atoms with Crippen molar-refractivity contribution in [3.05, 3.63) is 53.4 Å². The molecule has 1 aromatic carbocycles. The lowest BCUT2D eigenvalue weighted by Crippen LogP contribution is -2.33. The molecule has 5 nitrogen and oxygen atoms in total. The minimum atomic E-state index is -3.66. The van der Waals surface area contributed by atoms with Gasteiger partial charge in [0, 0.05) is 6.54 Å². The Labute approximate surface area is 141 Å². The van der Waals surface area contributed by atoms with E-state index < -0.39 is 25.1 Å². The molecule has 1 heterocycles. The molecule has 0 bridgehead atoms. The van der Waals surface area contributed by atoms with Crippen LogP contribution in [0.1, 0.15) is 24.2 Å². The first-order chi connectivity index (χ1) is 10.9. The van der Waals surface area contributed by atoms with Gasteiger partial charge >= 0.3 is 0 Å². The van der Waals surface area contributed by atoms with Gasteiger partial charge in [0.2, 0.25) is 10.0 Å². The van der Waals surface area contributed by atoms with E-state index in [1.165, 1.54) is 6.07 Å². The lowest BCUT2D eigenvalue weighted by molar-refractivity contribution is 0.569. The quantitative estimate of drug-likeness (QED) is 0.771. The van der Waals surface area contributed by atoms with Gasteiger partial charge in [-0.15, -0.1) is 11.3 Å². The fourth-order valence-corrected chi connectivity index (χ4v) is 6.26. The maximum Gasteiger partial charge on any atom is 0.211 e. The molecular formula is C15H19NO4S3. The maximum atomic E-state index is 12.8. The van der Waals surface area contributed by atoms with Gasteiger partial charge in [0.15, 0.2) is 9.84 Å². The molecule has 0 radical (unpaired) electrons. The predicted molar refractivity (Wildman–Crippen MR) is 92.8 cm³/mol. The largest absolute Gasteiger partial charge is 0.222 e. The molecule has 0 aliphatic heterocycles. The second-order valence-electron chi connectivity index (χ2n) is 5.04. The molecule has 0 spiro atoms. The highest BCUT2D eigenvalue weighted by Crippen LogP contribution is 2.31. The average molecular weight is 374 g/mol. The molecule has 2 aromatic rings. The third-order valence-electron chi connectivity index (χ3n) is 3.28. The van der Waals surface area contributed by atoms with Crippen LogP contribution in [-0.4, -0.2) is 29.1 Å². The van der Waals surface area contributed by atoms with E-state index in [0.717, 1.165) is 11.3 Å². The normalized spacial score (nSPS) is 13.8. The van der Waals surface area contributed by atoms with Crippen LogP contribution < -0.4 is 4.72 Å². The first-order valence-electron chi connectivity index (χ1n) is 7.16. The minimum Gasteiger partial charge on any atom is -0.222 e. The summed E-state index contributed by atoms with van der Waals surface area (Å²) in [5.74, 6) is -0.0203. The van der Waals surface area contributed by atoms with Gasteiger partial charge in [-0.25, -0.2) is 21.6 Å². The van der Waals surface area contributed by atoms with Crippen LogP contribution in [0, 0.1) is 0 Å². The summed E-state index contributed by atoms with van der Waals surface area (Å²) in [6, 6.07) is 11.9. The van der Waals surface area contributed by atoms with Crippen LogP contribution in [0.3, 0.4) is 0 Å². The van der Waals surface area contributed by atoms with Crippen molar-refractivity contribution in [1.29, 1.82) is 0 Å². The molecule has 0 amide bonds. The van der Waals surface area contributed by atoms with Crippen molar-refractivity contribution < 1.29 is 16.8 Å². The lowest BCUT2D eigenvalue weighted by atomic mass is 10.1. The molecule has 2 rings (SSSR count). The van der Waals surface area contributed by atoms with Crippen molar-refractivity contribution in [3.63, 3.8) is 0 Å². The molecule has 1 atom stereocenters. The number of benzene rings is 1. The van der Waals surface area contributed by atoms with Crippen molar-refractivity contribution in [2.45, 2.75) is 22.8 Å². The van der Waals surface area contributed by atoms with Crippen LogP contribution in [0.4, 0.5) is 0 Å². The molecule has 0 saturated heterocycles. The summed E-state index contributed by atoms with van der Waals surface area (Å²) in [7, 11) is -7.13. The van der Waals surface area contributed by atoms with E-state index in [-0.39, 0.29) is 16.5 Å². The van der Waals surface area contributed by atoms with Crippen LogP contribution in [-0.2, 0) is 19.9 Å². The van der Waals surface area contributed by atoms with Crippen LogP contribution in [0.2, 0.25) is 0 Å². The predicted octanol–water partition coefficient (Wildman–Crippen LogP) is 2.59. The fraction of sp³-hybridized carbons (Fsp3) is 0.333. The first-order valence-corrected chi connectivity index (χ1v) is 11.2. The van der Waals surface area contributed by atoms with Crippen molar-refractivity contribution in [3.8, 4) is 0 Å². The Morgan fingerprint density at radius 2 is 1.74 bits per heavy atom. The number of rotatable bonds is 8. The SMILES string of the molecule is CCCS(=O)(=O)NCC(c1ccccc1)S(=O)(=O)c1cccs1. The Morgan fingerprint density at radius 3 is 2.30 bits per heavy atom. The van der Waals surface area contributed by atoms with Crippen molar-refractivity contribution in [2.75, 3.05) is 12.3 Å². The highest BCUT2D eigenvalue weighted by molar-refractivity contribution is 7.93. The van der Waals surface area contributed by atoms with E-state index in [2.05, 4.69) is 4.72 Å². The Bertz CT molecular complexity index is 813. The van der Waals surface area contributed by atoms with E-state index in [9.17, 15) is 16.8 Å². The van der Waals surface area contributed by atoms with Gasteiger partial charge in [0.05, 0.1) is 5.75 Å². The summed E-state index contributed by atoms with van der Waals surface area (Å²) in [6.45, 7) is 1.59. The van der Waals surface area contributed by atoms with Gasteiger partial charge in [0.1, 0.15) is 9.46 Å². The van der Waals surface area contributed by atoms with E-state index in [1.54, 1.807) is 48.7 Å². The fourth-order valence-electron chi connectivity index (χ4n) is 2.18. The Balaban J connectivity index is 2.34. The van der Waals surface area contributed by atoms with E-state index in [4.69, 9.17) is 0 Å². The molecule has 126 valence electrons. The molecule has 0 aliphatic carbocycles. The zero-order chi connectivity index (χ0) is 16.9. The lowest BCUT2D eigenvalue weighted by Gasteiger charge is -2.18. The number of nitrogens with one attached hydrogen (secondary N) is 1. The van der Waals surface area contributed by atoms with E-state index >= 15 is 0 Å². The van der Waals surface area contributed by atoms with Crippen LogP contribution in [0.5, 0.6) is 0 Å². The first kappa shape index (κ1) is 18.1. The summed E-state index contributed by atoms with van der Waals surface area (Å²) in [5.41, 5.74) is 0.570. The van der Waals surface area contributed by atoms with Crippen molar-refractivity contribution >= 4 is 31.2 Å². The number of sulfone groups is 1. The van der Waals surface area contributed by atoms with Gasteiger partial charge in [-0.3, -0.25) is 0 Å². The second kappa shape index (κ2) is 7.57. The molecule has 1 unspecified atom stereocenters. The molecule has 0 fully saturated rings. The topological polar surface area (TPSA) is 80.3 Å². The smallest absolute Gasteiger partial charge is 0.211 e. The number of thiophene rings is 1. The molecule has 8 heteroatoms. The summed E-state index contributed by atoms with van der Waals surface area (Å²) in [5, 5.41) is 0.741. The summed E-state index contributed by atoms with van der Waals surface area (Å²) in [4.78, 5) is 0. The molecular weight excluding hydrogens is 354 g/mol. The molecule has 0 saturated carbocycles. The maximum absolute atomic E-state index is 12.8. The standard InChI is InChI=1S/C15H19NO4S3/c1-2-11-22(17,18)16-12-14(13-7-4-3-5-8-13)23(19,20)15-9-6-10-21-15/h3-10,14,16H,2,11-12H2,1H3. The summed E-state index contributed by atoms with van der Waals surface area (Å²) < 4.78 is 52.1. The summed E-state index contributed by atoms with van der Waals surface area (Å²) in [6.07, 6.45) is 0.475. The monoisotopic (exact) mass is 373 g/mol. The number of hydrogen-bond acceptors (Lipinski definition) is 5. The summed E-state index contributed by atoms with van der Waals surface area (Å²) >= 11 is 1.13. The van der Waals surface area contributed by atoms with Gasteiger partial charge in [0.25, 0.3) is 0 Å². The number of sulfonamides is 1. The van der Waals surface area contributed by atoms with Crippen molar-refractivity contribution in [1.82, 2.24) is 4.72 Å². The van der Waals surface area contributed by atoms with E-state index in [1.807, 2.05) is 0 Å². The van der Waals surface area contributed by atoms with E-state index in [0.29, 0.717) is 12.0 Å². The second-order valence-corrected chi connectivity index (χ2v) is 10.3. The highest BCUT2D eigenvalue weighted by Gasteiger charge is 2.30. The van der Waals surface area contributed by atoms with Crippen LogP contribution in [0.15, 0.2) is 52.1 Å². The number of hydrogen-bond donors (Lipinski definition) is 1. The van der Waals surface area contributed by atoms with Gasteiger partial charge in [-0.1, -0.05) is 43.3 Å². The Hall–Kier alpha value is -1.22. The minimum absolute atomic E-state index is 0.0203. The molecule has 23 heavy (non-hydrogen) atoms. The van der Waals surface area contributed by atoms with Crippen molar-refractivity contribution in [2.24, 2.45) is 0 Å². The van der Waals surface area contributed by atoms with Crippen LogP contribution >= 0.6 is 11.3 Å². The zero-order valence-corrected chi connectivity index (χ0v) is 15.1. The molecule has 1 N–H and O–H groups in total. The van der Waals surface area contributed by atoms with Gasteiger partial charge in [-0.2, -0.15) is 0 Å². The zero-order valence-electron chi connectivity index (χ0n) is 12.7. The van der Waals surface area contributed by atoms with Gasteiger partial charge in [-0.05, 0) is 23.4 Å². The van der Waals surface area contributed by atoms with Gasteiger partial charge < -0.3 is 0 Å². The average Bonchev–Trinajstić information content (AvgIpc) is 3.03. The third-order valence-corrected chi connectivity index (χ3v) is 8.37. The highest BCUT2D eigenvalue weighted by atomic mass is 32.2. The Morgan fingerprint density at radius 1 is 1.04 bits per heavy atom. The van der Waals surface area contributed by atoms with Crippen LogP contribution in [0.25, 0.3) is 0 Å². The Kier molecular flexibility index (Phi) is 5.96.